The van der Waals surface area contributed by atoms with E-state index in [0.29, 0.717) is 29.3 Å². The lowest BCUT2D eigenvalue weighted by atomic mass is 10.1. The Kier molecular flexibility index (Phi) is 7.70. The smallest absolute Gasteiger partial charge is 0.268 e. The number of nitrogens with one attached hydrogen (secondary N) is 1. The fourth-order valence-corrected chi connectivity index (χ4v) is 3.64. The van der Waals surface area contributed by atoms with Crippen molar-refractivity contribution in [2.75, 3.05) is 25.2 Å². The van der Waals surface area contributed by atoms with Crippen LogP contribution in [0.1, 0.15) is 20.8 Å². The van der Waals surface area contributed by atoms with Gasteiger partial charge >= 0.3 is 0 Å². The number of thiophene rings is 1. The van der Waals surface area contributed by atoms with Crippen molar-refractivity contribution in [1.29, 1.82) is 0 Å². The molecule has 0 radical (unpaired) electrons. The van der Waals surface area contributed by atoms with Crippen LogP contribution in [0.25, 0.3) is 0 Å². The van der Waals surface area contributed by atoms with Crippen LogP contribution in [0.3, 0.4) is 0 Å². The lowest BCUT2D eigenvalue weighted by molar-refractivity contribution is -0.120. The highest BCUT2D eigenvalue weighted by Crippen LogP contribution is 2.23. The summed E-state index contributed by atoms with van der Waals surface area (Å²) in [5, 5.41) is 4.63. The Morgan fingerprint density at radius 3 is 2.53 bits per heavy atom. The van der Waals surface area contributed by atoms with Crippen LogP contribution in [0.4, 0.5) is 10.1 Å². The van der Waals surface area contributed by atoms with E-state index >= 15 is 0 Å². The molecule has 0 spiro atoms. The maximum atomic E-state index is 13.6. The Bertz CT molecular complexity index is 974. The summed E-state index contributed by atoms with van der Waals surface area (Å²) < 4.78 is 18.6. The number of hydrogen-bond donors (Lipinski definition) is 1. The van der Waals surface area contributed by atoms with Crippen LogP contribution in [-0.4, -0.2) is 32.1 Å². The number of hydrogen-bond acceptors (Lipinski definition) is 4. The average Bonchev–Trinajstić information content (AvgIpc) is 3.27. The second kappa shape index (κ2) is 10.7. The molecule has 1 heterocycles. The number of rotatable bonds is 9. The third kappa shape index (κ3) is 5.98. The molecule has 0 bridgehead atoms. The molecule has 5 nitrogen and oxygen atoms in total. The Balaban J connectivity index is 1.77. The van der Waals surface area contributed by atoms with E-state index in [1.54, 1.807) is 30.2 Å². The number of anilines is 1. The number of benzene rings is 2. The third-order valence-electron chi connectivity index (χ3n) is 4.45. The van der Waals surface area contributed by atoms with E-state index in [9.17, 15) is 14.0 Å². The van der Waals surface area contributed by atoms with E-state index in [4.69, 9.17) is 4.74 Å². The highest BCUT2D eigenvalue weighted by Gasteiger charge is 2.19. The molecule has 3 rings (SSSR count). The first-order valence-electron chi connectivity index (χ1n) is 9.51. The van der Waals surface area contributed by atoms with Gasteiger partial charge in [0, 0.05) is 19.3 Å². The molecular weight excluding hydrogens is 403 g/mol. The monoisotopic (exact) mass is 426 g/mol. The van der Waals surface area contributed by atoms with Crippen LogP contribution in [0.15, 0.2) is 66.0 Å². The second-order valence-electron chi connectivity index (χ2n) is 6.68. The molecule has 0 atom stereocenters. The first-order valence-corrected chi connectivity index (χ1v) is 10.4. The number of amides is 2. The van der Waals surface area contributed by atoms with Gasteiger partial charge in [-0.05, 0) is 46.8 Å². The van der Waals surface area contributed by atoms with E-state index in [2.05, 4.69) is 5.32 Å². The molecule has 0 aliphatic heterocycles. The van der Waals surface area contributed by atoms with Gasteiger partial charge in [0.05, 0.1) is 24.4 Å². The van der Waals surface area contributed by atoms with E-state index in [0.717, 1.165) is 5.56 Å². The van der Waals surface area contributed by atoms with Gasteiger partial charge in [-0.1, -0.05) is 30.3 Å². The summed E-state index contributed by atoms with van der Waals surface area (Å²) in [5.41, 5.74) is 2.21. The summed E-state index contributed by atoms with van der Waals surface area (Å²) in [7, 11) is 1.58. The standard InChI is InChI=1S/C23H23FN2O3S/c1-29-12-11-25-22(27)15-17-7-9-20(10-8-17)26(23(28)21-6-3-13-30-21)16-18-4-2-5-19(24)14-18/h2-10,13-14H,11-12,15-16H2,1H3,(H,25,27). The minimum atomic E-state index is -0.342. The molecule has 0 aliphatic carbocycles. The SMILES string of the molecule is COCCNC(=O)Cc1ccc(N(Cc2cccc(F)c2)C(=O)c2cccs2)cc1. The van der Waals surface area contributed by atoms with Crippen LogP contribution in [-0.2, 0) is 22.5 Å². The van der Waals surface area contributed by atoms with Crippen molar-refractivity contribution >= 4 is 28.8 Å². The predicted molar refractivity (Wildman–Crippen MR) is 116 cm³/mol. The molecule has 156 valence electrons. The maximum Gasteiger partial charge on any atom is 0.268 e. The summed E-state index contributed by atoms with van der Waals surface area (Å²) in [6.07, 6.45) is 0.243. The van der Waals surface area contributed by atoms with Gasteiger partial charge < -0.3 is 15.0 Å². The molecule has 0 saturated carbocycles. The van der Waals surface area contributed by atoms with Crippen molar-refractivity contribution in [2.24, 2.45) is 0 Å². The molecule has 0 fully saturated rings. The molecule has 3 aromatic rings. The number of carbonyl (C=O) groups excluding carboxylic acids is 2. The molecular formula is C23H23FN2O3S. The lowest BCUT2D eigenvalue weighted by Gasteiger charge is -2.23. The first-order chi connectivity index (χ1) is 14.6. The highest BCUT2D eigenvalue weighted by molar-refractivity contribution is 7.12. The van der Waals surface area contributed by atoms with Crippen molar-refractivity contribution in [2.45, 2.75) is 13.0 Å². The summed E-state index contributed by atoms with van der Waals surface area (Å²) in [5.74, 6) is -0.587. The fourth-order valence-electron chi connectivity index (χ4n) is 2.97. The number of methoxy groups -OCH3 is 1. The largest absolute Gasteiger partial charge is 0.383 e. The lowest BCUT2D eigenvalue weighted by Crippen LogP contribution is -2.30. The molecule has 0 unspecified atom stereocenters. The minimum Gasteiger partial charge on any atom is -0.383 e. The fraction of sp³-hybridized carbons (Fsp3) is 0.217. The Hall–Kier alpha value is -3.03. The van der Waals surface area contributed by atoms with Crippen LogP contribution in [0, 0.1) is 5.82 Å². The topological polar surface area (TPSA) is 58.6 Å². The average molecular weight is 427 g/mol. The van der Waals surface area contributed by atoms with Gasteiger partial charge in [-0.3, -0.25) is 9.59 Å². The first kappa shape index (κ1) is 21.7. The molecule has 0 aliphatic rings. The van der Waals surface area contributed by atoms with Gasteiger partial charge in [0.25, 0.3) is 5.91 Å². The second-order valence-corrected chi connectivity index (χ2v) is 7.63. The summed E-state index contributed by atoms with van der Waals surface area (Å²) >= 11 is 1.36. The summed E-state index contributed by atoms with van der Waals surface area (Å²) in [4.78, 5) is 27.3. The number of ether oxygens (including phenoxy) is 1. The van der Waals surface area contributed by atoms with Gasteiger partial charge in [0.1, 0.15) is 5.82 Å². The van der Waals surface area contributed by atoms with Gasteiger partial charge in [-0.25, -0.2) is 4.39 Å². The van der Waals surface area contributed by atoms with E-state index in [1.165, 1.54) is 23.5 Å². The Morgan fingerprint density at radius 1 is 1.07 bits per heavy atom. The van der Waals surface area contributed by atoms with Crippen molar-refractivity contribution < 1.29 is 18.7 Å². The molecule has 1 aromatic heterocycles. The van der Waals surface area contributed by atoms with Crippen molar-refractivity contribution in [1.82, 2.24) is 5.32 Å². The number of halogens is 1. The van der Waals surface area contributed by atoms with Crippen molar-refractivity contribution in [3.8, 4) is 0 Å². The highest BCUT2D eigenvalue weighted by atomic mass is 32.1. The molecule has 2 aromatic carbocycles. The molecule has 1 N–H and O–H groups in total. The molecule has 7 heteroatoms. The molecule has 30 heavy (non-hydrogen) atoms. The van der Waals surface area contributed by atoms with Gasteiger partial charge in [0.15, 0.2) is 0 Å². The van der Waals surface area contributed by atoms with Crippen molar-refractivity contribution in [3.63, 3.8) is 0 Å². The Morgan fingerprint density at radius 2 is 1.87 bits per heavy atom. The normalized spacial score (nSPS) is 10.6. The third-order valence-corrected chi connectivity index (χ3v) is 5.31. The number of carbonyl (C=O) groups is 2. The predicted octanol–water partition coefficient (Wildman–Crippen LogP) is 4.04. The zero-order valence-corrected chi connectivity index (χ0v) is 17.5. The van der Waals surface area contributed by atoms with E-state index < -0.39 is 0 Å². The van der Waals surface area contributed by atoms with E-state index in [-0.39, 0.29) is 30.6 Å². The van der Waals surface area contributed by atoms with Crippen LogP contribution < -0.4 is 10.2 Å². The van der Waals surface area contributed by atoms with Gasteiger partial charge in [-0.2, -0.15) is 0 Å². The van der Waals surface area contributed by atoms with Gasteiger partial charge in [-0.15, -0.1) is 11.3 Å². The van der Waals surface area contributed by atoms with E-state index in [1.807, 2.05) is 35.7 Å². The Labute approximate surface area is 179 Å². The zero-order valence-electron chi connectivity index (χ0n) is 16.6. The minimum absolute atomic E-state index is 0.0916. The molecule has 0 saturated heterocycles. The maximum absolute atomic E-state index is 13.6. The van der Waals surface area contributed by atoms with Crippen LogP contribution in [0.2, 0.25) is 0 Å². The molecule has 2 amide bonds. The van der Waals surface area contributed by atoms with Crippen molar-refractivity contribution in [3.05, 3.63) is 87.9 Å². The van der Waals surface area contributed by atoms with Crippen LogP contribution >= 0.6 is 11.3 Å². The van der Waals surface area contributed by atoms with Gasteiger partial charge in [0.2, 0.25) is 5.91 Å². The number of nitrogens with zero attached hydrogens (tertiary/aromatic N) is 1. The zero-order chi connectivity index (χ0) is 21.3. The summed E-state index contributed by atoms with van der Waals surface area (Å²) in [6.45, 7) is 1.17. The van der Waals surface area contributed by atoms with Crippen LogP contribution in [0.5, 0.6) is 0 Å². The quantitative estimate of drug-likeness (QED) is 0.526. The summed E-state index contributed by atoms with van der Waals surface area (Å²) in [6, 6.07) is 17.1.